The van der Waals surface area contributed by atoms with Crippen LogP contribution in [0.1, 0.15) is 27.1 Å². The number of benzene rings is 1. The Hall–Kier alpha value is -1.70. The van der Waals surface area contributed by atoms with Gasteiger partial charge in [0.05, 0.1) is 0 Å². The quantitative estimate of drug-likeness (QED) is 0.634. The maximum Gasteiger partial charge on any atom is 0.168 e. The Morgan fingerprint density at radius 3 is 1.76 bits per heavy atom. The standard InChI is InChI=1S/C15H12O2/c16-14-10-3-1-2-4-11(10)15(17)13-9-6-5-8(7-9)12(13)14/h1-6,8-9,12-13H,7H2/t8-,9+,12?,13?. The Bertz CT molecular complexity index is 521. The van der Waals surface area contributed by atoms with Gasteiger partial charge in [-0.05, 0) is 18.3 Å². The van der Waals surface area contributed by atoms with Crippen LogP contribution in [-0.4, -0.2) is 11.6 Å². The van der Waals surface area contributed by atoms with Crippen molar-refractivity contribution < 1.29 is 9.59 Å². The van der Waals surface area contributed by atoms with Crippen molar-refractivity contribution in [2.45, 2.75) is 6.42 Å². The average Bonchev–Trinajstić information content (AvgIpc) is 2.96. The van der Waals surface area contributed by atoms with Gasteiger partial charge in [-0.15, -0.1) is 0 Å². The molecule has 1 fully saturated rings. The van der Waals surface area contributed by atoms with Crippen molar-refractivity contribution in [1.29, 1.82) is 0 Å². The lowest BCUT2D eigenvalue weighted by Crippen LogP contribution is -2.38. The van der Waals surface area contributed by atoms with Crippen LogP contribution < -0.4 is 0 Å². The molecule has 0 radical (unpaired) electrons. The zero-order chi connectivity index (χ0) is 11.6. The molecule has 2 unspecified atom stereocenters. The van der Waals surface area contributed by atoms with E-state index in [0.29, 0.717) is 23.0 Å². The molecule has 0 aliphatic heterocycles. The van der Waals surface area contributed by atoms with Gasteiger partial charge in [0.1, 0.15) is 0 Å². The van der Waals surface area contributed by atoms with Gasteiger partial charge < -0.3 is 0 Å². The summed E-state index contributed by atoms with van der Waals surface area (Å²) in [5, 5.41) is 0. The lowest BCUT2D eigenvalue weighted by molar-refractivity contribution is 0.0720. The van der Waals surface area contributed by atoms with Gasteiger partial charge in [-0.2, -0.15) is 0 Å². The number of ketones is 2. The van der Waals surface area contributed by atoms with Crippen LogP contribution in [0.4, 0.5) is 0 Å². The fourth-order valence-electron chi connectivity index (χ4n) is 3.81. The molecule has 2 bridgehead atoms. The molecule has 1 aromatic rings. The summed E-state index contributed by atoms with van der Waals surface area (Å²) in [6.45, 7) is 0. The average molecular weight is 224 g/mol. The maximum absolute atomic E-state index is 12.4. The van der Waals surface area contributed by atoms with E-state index >= 15 is 0 Å². The van der Waals surface area contributed by atoms with Crippen molar-refractivity contribution in [1.82, 2.24) is 0 Å². The molecule has 2 nitrogen and oxygen atoms in total. The molecule has 0 saturated heterocycles. The number of rotatable bonds is 0. The first-order chi connectivity index (χ1) is 8.27. The fraction of sp³-hybridized carbons (Fsp3) is 0.333. The first-order valence-corrected chi connectivity index (χ1v) is 6.13. The van der Waals surface area contributed by atoms with E-state index < -0.39 is 0 Å². The Morgan fingerprint density at radius 1 is 0.824 bits per heavy atom. The minimum absolute atomic E-state index is 0.0765. The minimum atomic E-state index is -0.0765. The van der Waals surface area contributed by atoms with Crippen molar-refractivity contribution in [2.75, 3.05) is 0 Å². The van der Waals surface area contributed by atoms with Gasteiger partial charge in [0.15, 0.2) is 11.6 Å². The summed E-state index contributed by atoms with van der Waals surface area (Å²) in [4.78, 5) is 24.9. The summed E-state index contributed by atoms with van der Waals surface area (Å²) in [6, 6.07) is 7.27. The maximum atomic E-state index is 12.4. The molecule has 0 spiro atoms. The molecule has 0 aromatic heterocycles. The predicted molar refractivity (Wildman–Crippen MR) is 62.8 cm³/mol. The van der Waals surface area contributed by atoms with Crippen LogP contribution in [0, 0.1) is 23.7 Å². The molecule has 4 atom stereocenters. The second kappa shape index (κ2) is 2.95. The molecule has 84 valence electrons. The summed E-state index contributed by atoms with van der Waals surface area (Å²) < 4.78 is 0. The topological polar surface area (TPSA) is 34.1 Å². The van der Waals surface area contributed by atoms with E-state index in [1.165, 1.54) is 0 Å². The Kier molecular flexibility index (Phi) is 1.62. The third kappa shape index (κ3) is 1.01. The second-order valence-electron chi connectivity index (χ2n) is 5.27. The first kappa shape index (κ1) is 9.34. The number of fused-ring (bicyclic) bond motifs is 6. The van der Waals surface area contributed by atoms with Crippen LogP contribution >= 0.6 is 0 Å². The Morgan fingerprint density at radius 2 is 1.29 bits per heavy atom. The molecular weight excluding hydrogens is 212 g/mol. The molecule has 3 aliphatic rings. The highest BCUT2D eigenvalue weighted by Gasteiger charge is 2.54. The van der Waals surface area contributed by atoms with Gasteiger partial charge in [-0.25, -0.2) is 0 Å². The van der Waals surface area contributed by atoms with Gasteiger partial charge in [0, 0.05) is 23.0 Å². The van der Waals surface area contributed by atoms with Crippen molar-refractivity contribution in [3.05, 3.63) is 47.5 Å². The first-order valence-electron chi connectivity index (χ1n) is 6.13. The summed E-state index contributed by atoms with van der Waals surface area (Å²) in [5.74, 6) is 0.813. The van der Waals surface area contributed by atoms with E-state index in [-0.39, 0.29) is 23.4 Å². The molecular formula is C15H12O2. The summed E-state index contributed by atoms with van der Waals surface area (Å²) in [7, 11) is 0. The SMILES string of the molecule is O=C1c2ccccc2C(=O)C2C1[C@@H]1C=C[C@H]2C1. The molecule has 0 N–H and O–H groups in total. The highest BCUT2D eigenvalue weighted by atomic mass is 16.1. The molecule has 4 rings (SSSR count). The summed E-state index contributed by atoms with van der Waals surface area (Å²) in [5.41, 5.74) is 1.28. The summed E-state index contributed by atoms with van der Waals surface area (Å²) >= 11 is 0. The van der Waals surface area contributed by atoms with Crippen LogP contribution in [0.2, 0.25) is 0 Å². The molecule has 0 heterocycles. The smallest absolute Gasteiger partial charge is 0.168 e. The van der Waals surface area contributed by atoms with Crippen molar-refractivity contribution in [2.24, 2.45) is 23.7 Å². The lowest BCUT2D eigenvalue weighted by Gasteiger charge is -2.31. The van der Waals surface area contributed by atoms with Gasteiger partial charge in [0.2, 0.25) is 0 Å². The van der Waals surface area contributed by atoms with Gasteiger partial charge >= 0.3 is 0 Å². The van der Waals surface area contributed by atoms with E-state index in [1.54, 1.807) is 12.1 Å². The van der Waals surface area contributed by atoms with Gasteiger partial charge in [0.25, 0.3) is 0 Å². The highest BCUT2D eigenvalue weighted by Crippen LogP contribution is 2.52. The van der Waals surface area contributed by atoms with Crippen LogP contribution in [0.15, 0.2) is 36.4 Å². The highest BCUT2D eigenvalue weighted by molar-refractivity contribution is 6.16. The number of hydrogen-bond donors (Lipinski definition) is 0. The van der Waals surface area contributed by atoms with E-state index in [9.17, 15) is 9.59 Å². The summed E-state index contributed by atoms with van der Waals surface area (Å²) in [6.07, 6.45) is 5.25. The lowest BCUT2D eigenvalue weighted by atomic mass is 9.69. The molecule has 0 amide bonds. The largest absolute Gasteiger partial charge is 0.294 e. The molecule has 2 heteroatoms. The third-order valence-electron chi connectivity index (χ3n) is 4.52. The number of allylic oxidation sites excluding steroid dienone is 2. The predicted octanol–water partition coefficient (Wildman–Crippen LogP) is 2.50. The zero-order valence-electron chi connectivity index (χ0n) is 9.30. The molecule has 17 heavy (non-hydrogen) atoms. The minimum Gasteiger partial charge on any atom is -0.294 e. The molecule has 1 saturated carbocycles. The molecule has 1 aromatic carbocycles. The van der Waals surface area contributed by atoms with Crippen LogP contribution in [0.5, 0.6) is 0 Å². The fourth-order valence-corrected chi connectivity index (χ4v) is 3.81. The van der Waals surface area contributed by atoms with Gasteiger partial charge in [-0.3, -0.25) is 9.59 Å². The van der Waals surface area contributed by atoms with Crippen molar-refractivity contribution >= 4 is 11.6 Å². The molecule has 3 aliphatic carbocycles. The Labute approximate surface area is 99.3 Å². The monoisotopic (exact) mass is 224 g/mol. The van der Waals surface area contributed by atoms with Crippen LogP contribution in [0.25, 0.3) is 0 Å². The number of hydrogen-bond acceptors (Lipinski definition) is 2. The number of Topliss-reactive ketones (excluding diaryl/α,β-unsaturated/α-hetero) is 2. The number of carbonyl (C=O) groups is 2. The third-order valence-corrected chi connectivity index (χ3v) is 4.52. The van der Waals surface area contributed by atoms with E-state index in [1.807, 2.05) is 12.1 Å². The Balaban J connectivity index is 1.94. The normalized spacial score (nSPS) is 37.2. The second-order valence-corrected chi connectivity index (χ2v) is 5.27. The van der Waals surface area contributed by atoms with Crippen molar-refractivity contribution in [3.63, 3.8) is 0 Å². The van der Waals surface area contributed by atoms with E-state index in [4.69, 9.17) is 0 Å². The zero-order valence-corrected chi connectivity index (χ0v) is 9.30. The van der Waals surface area contributed by atoms with E-state index in [2.05, 4.69) is 12.2 Å². The van der Waals surface area contributed by atoms with Gasteiger partial charge in [-0.1, -0.05) is 36.4 Å². The van der Waals surface area contributed by atoms with E-state index in [0.717, 1.165) is 6.42 Å². The number of carbonyl (C=O) groups excluding carboxylic acids is 2. The van der Waals surface area contributed by atoms with Crippen molar-refractivity contribution in [3.8, 4) is 0 Å². The van der Waals surface area contributed by atoms with Crippen LogP contribution in [-0.2, 0) is 0 Å². The van der Waals surface area contributed by atoms with Crippen LogP contribution in [0.3, 0.4) is 0 Å².